The highest BCUT2D eigenvalue weighted by molar-refractivity contribution is 6.12. The van der Waals surface area contributed by atoms with Crippen molar-refractivity contribution in [2.75, 3.05) is 0 Å². The summed E-state index contributed by atoms with van der Waals surface area (Å²) in [4.78, 5) is 10.4. The summed E-state index contributed by atoms with van der Waals surface area (Å²) in [5.41, 5.74) is 7.95. The van der Waals surface area contributed by atoms with Crippen molar-refractivity contribution in [2.24, 2.45) is 4.99 Å². The Hall–Kier alpha value is -4.24. The van der Waals surface area contributed by atoms with Crippen molar-refractivity contribution in [1.29, 1.82) is 0 Å². The van der Waals surface area contributed by atoms with Gasteiger partial charge in [-0.3, -0.25) is 0 Å². The normalized spacial score (nSPS) is 11.9. The molecule has 0 aliphatic carbocycles. The first-order valence-electron chi connectivity index (χ1n) is 12.9. The number of aromatic nitrogens is 1. The van der Waals surface area contributed by atoms with E-state index in [9.17, 15) is 0 Å². The molecule has 0 aliphatic rings. The minimum Gasteiger partial charge on any atom is -0.434 e. The molecule has 0 bridgehead atoms. The van der Waals surface area contributed by atoms with Crippen LogP contribution < -0.4 is 0 Å². The lowest BCUT2D eigenvalue weighted by atomic mass is 9.92. The molecule has 3 heteroatoms. The molecular weight excluding hydrogens is 452 g/mol. The molecule has 1 heterocycles. The lowest BCUT2D eigenvalue weighted by Gasteiger charge is -2.17. The Balaban J connectivity index is 1.79. The molecule has 5 aromatic rings. The van der Waals surface area contributed by atoms with Crippen LogP contribution in [-0.2, 0) is 0 Å². The molecule has 0 spiro atoms. The van der Waals surface area contributed by atoms with Gasteiger partial charge in [-0.2, -0.15) is 0 Å². The van der Waals surface area contributed by atoms with Crippen LogP contribution in [0.15, 0.2) is 119 Å². The Labute approximate surface area is 219 Å². The Bertz CT molecular complexity index is 1410. The van der Waals surface area contributed by atoms with E-state index < -0.39 is 0 Å². The van der Waals surface area contributed by atoms with Crippen molar-refractivity contribution < 1.29 is 4.42 Å². The number of hydrogen-bond acceptors (Lipinski definition) is 3. The summed E-state index contributed by atoms with van der Waals surface area (Å²) in [7, 11) is 0. The highest BCUT2D eigenvalue weighted by Gasteiger charge is 2.23. The Kier molecular flexibility index (Phi) is 7.14. The fourth-order valence-corrected chi connectivity index (χ4v) is 4.58. The molecule has 3 nitrogen and oxygen atoms in total. The van der Waals surface area contributed by atoms with Crippen LogP contribution in [0.2, 0.25) is 0 Å². The first kappa shape index (κ1) is 24.5. The van der Waals surface area contributed by atoms with Crippen LogP contribution in [0.4, 0.5) is 5.69 Å². The third kappa shape index (κ3) is 5.17. The zero-order valence-corrected chi connectivity index (χ0v) is 21.8. The average Bonchev–Trinajstić information content (AvgIpc) is 3.38. The van der Waals surface area contributed by atoms with Gasteiger partial charge in [0.1, 0.15) is 11.4 Å². The molecule has 0 saturated carbocycles. The van der Waals surface area contributed by atoms with Crippen molar-refractivity contribution >= 4 is 11.4 Å². The van der Waals surface area contributed by atoms with Crippen molar-refractivity contribution in [3.8, 4) is 22.6 Å². The Morgan fingerprint density at radius 3 is 1.68 bits per heavy atom. The van der Waals surface area contributed by atoms with E-state index in [4.69, 9.17) is 14.4 Å². The number of para-hydroxylation sites is 1. The fraction of sp³-hybridized carbons (Fsp3) is 0.176. The van der Waals surface area contributed by atoms with E-state index in [1.54, 1.807) is 0 Å². The summed E-state index contributed by atoms with van der Waals surface area (Å²) in [6.07, 6.45) is 0. The van der Waals surface area contributed by atoms with Gasteiger partial charge in [0.15, 0.2) is 5.76 Å². The van der Waals surface area contributed by atoms with Gasteiger partial charge >= 0.3 is 0 Å². The standard InChI is InChI=1S/C34H32N2O/c1-23(2)28-21-14-22-29(24(3)4)32(28)35-31(26-17-10-6-11-18-26)34-36-30(25-15-8-5-9-16-25)33(37-34)27-19-12-7-13-20-27/h5-24H,1-4H3. The van der Waals surface area contributed by atoms with Crippen LogP contribution in [0.5, 0.6) is 0 Å². The van der Waals surface area contributed by atoms with E-state index in [0.717, 1.165) is 39.5 Å². The summed E-state index contributed by atoms with van der Waals surface area (Å²) in [5, 5.41) is 0. The predicted molar refractivity (Wildman–Crippen MR) is 154 cm³/mol. The Morgan fingerprint density at radius 1 is 0.622 bits per heavy atom. The lowest BCUT2D eigenvalue weighted by Crippen LogP contribution is -2.05. The molecule has 0 atom stereocenters. The van der Waals surface area contributed by atoms with Gasteiger partial charge in [0.2, 0.25) is 5.89 Å². The summed E-state index contributed by atoms with van der Waals surface area (Å²) >= 11 is 0. The van der Waals surface area contributed by atoms with Gasteiger partial charge in [-0.25, -0.2) is 9.98 Å². The molecule has 5 rings (SSSR count). The van der Waals surface area contributed by atoms with Crippen molar-refractivity contribution in [3.63, 3.8) is 0 Å². The molecule has 1 aromatic heterocycles. The smallest absolute Gasteiger partial charge is 0.246 e. The highest BCUT2D eigenvalue weighted by Crippen LogP contribution is 2.37. The van der Waals surface area contributed by atoms with E-state index in [0.29, 0.717) is 17.7 Å². The van der Waals surface area contributed by atoms with E-state index in [-0.39, 0.29) is 0 Å². The first-order chi connectivity index (χ1) is 18.0. The monoisotopic (exact) mass is 484 g/mol. The first-order valence-corrected chi connectivity index (χ1v) is 12.9. The molecule has 0 N–H and O–H groups in total. The minimum absolute atomic E-state index is 0.332. The van der Waals surface area contributed by atoms with E-state index >= 15 is 0 Å². The molecule has 0 aliphatic heterocycles. The zero-order valence-electron chi connectivity index (χ0n) is 21.8. The molecular formula is C34H32N2O. The zero-order chi connectivity index (χ0) is 25.8. The van der Waals surface area contributed by atoms with Gasteiger partial charge in [0.25, 0.3) is 0 Å². The number of nitrogens with zero attached hydrogens (tertiary/aromatic N) is 2. The van der Waals surface area contributed by atoms with E-state index in [2.05, 4.69) is 82.3 Å². The highest BCUT2D eigenvalue weighted by atomic mass is 16.4. The van der Waals surface area contributed by atoms with Crippen LogP contribution in [-0.4, -0.2) is 10.7 Å². The van der Waals surface area contributed by atoms with Crippen LogP contribution in [0.25, 0.3) is 22.6 Å². The molecule has 4 aromatic carbocycles. The average molecular weight is 485 g/mol. The topological polar surface area (TPSA) is 38.4 Å². The second kappa shape index (κ2) is 10.8. The van der Waals surface area contributed by atoms with Crippen LogP contribution in [0.1, 0.15) is 62.1 Å². The van der Waals surface area contributed by atoms with E-state index in [1.807, 2.05) is 54.6 Å². The van der Waals surface area contributed by atoms with Gasteiger partial charge in [0.05, 0.1) is 5.69 Å². The van der Waals surface area contributed by atoms with Crippen molar-refractivity contribution in [1.82, 2.24) is 4.98 Å². The number of hydrogen-bond donors (Lipinski definition) is 0. The van der Waals surface area contributed by atoms with Crippen molar-refractivity contribution in [2.45, 2.75) is 39.5 Å². The van der Waals surface area contributed by atoms with Crippen LogP contribution >= 0.6 is 0 Å². The third-order valence-electron chi connectivity index (χ3n) is 6.53. The molecule has 0 unspecified atom stereocenters. The molecule has 0 saturated heterocycles. The number of benzene rings is 4. The maximum atomic E-state index is 6.60. The number of oxazole rings is 1. The third-order valence-corrected chi connectivity index (χ3v) is 6.53. The SMILES string of the molecule is CC(C)c1cccc(C(C)C)c1N=C(c1ccccc1)c1nc(-c2ccccc2)c(-c2ccccc2)o1. The van der Waals surface area contributed by atoms with Crippen LogP contribution in [0.3, 0.4) is 0 Å². The van der Waals surface area contributed by atoms with Gasteiger partial charge in [0, 0.05) is 16.7 Å². The maximum absolute atomic E-state index is 6.60. The van der Waals surface area contributed by atoms with Crippen molar-refractivity contribution in [3.05, 3.63) is 132 Å². The van der Waals surface area contributed by atoms with Gasteiger partial charge in [-0.1, -0.05) is 137 Å². The van der Waals surface area contributed by atoms with E-state index in [1.165, 1.54) is 11.1 Å². The summed E-state index contributed by atoms with van der Waals surface area (Å²) in [5.74, 6) is 1.92. The summed E-state index contributed by atoms with van der Waals surface area (Å²) < 4.78 is 6.60. The lowest BCUT2D eigenvalue weighted by molar-refractivity contribution is 0.561. The second-order valence-electron chi connectivity index (χ2n) is 9.85. The molecule has 184 valence electrons. The fourth-order valence-electron chi connectivity index (χ4n) is 4.58. The molecule has 37 heavy (non-hydrogen) atoms. The largest absolute Gasteiger partial charge is 0.434 e. The Morgan fingerprint density at radius 2 is 1.14 bits per heavy atom. The molecule has 0 radical (unpaired) electrons. The number of aliphatic imine (C=N–C) groups is 1. The van der Waals surface area contributed by atoms with Crippen LogP contribution in [0, 0.1) is 0 Å². The van der Waals surface area contributed by atoms with Gasteiger partial charge in [-0.05, 0) is 23.0 Å². The minimum atomic E-state index is 0.332. The maximum Gasteiger partial charge on any atom is 0.246 e. The molecule has 0 amide bonds. The second-order valence-corrected chi connectivity index (χ2v) is 9.85. The van der Waals surface area contributed by atoms with Gasteiger partial charge < -0.3 is 4.42 Å². The summed E-state index contributed by atoms with van der Waals surface area (Å²) in [6, 6.07) is 37.1. The summed E-state index contributed by atoms with van der Waals surface area (Å²) in [6.45, 7) is 8.86. The molecule has 0 fully saturated rings. The quantitative estimate of drug-likeness (QED) is 0.216. The van der Waals surface area contributed by atoms with Gasteiger partial charge in [-0.15, -0.1) is 0 Å². The number of rotatable bonds is 7. The predicted octanol–water partition coefficient (Wildman–Crippen LogP) is 9.42.